The molecule has 0 radical (unpaired) electrons. The van der Waals surface area contributed by atoms with E-state index in [1.54, 1.807) is 0 Å². The van der Waals surface area contributed by atoms with E-state index in [0.717, 1.165) is 16.7 Å². The van der Waals surface area contributed by atoms with Crippen molar-refractivity contribution in [2.75, 3.05) is 19.8 Å². The standard InChI is InChI=1S/C31H35N5O4/c1-22(2)20-33-30(38)31(19-23-9-4-3-5-10-23)28(27-12-7-6-11-25(27)21-34-36-32)40-29(35-31)24-13-15-26(16-14-24)39-18-8-17-37/h3-7,9-16,22,28,37H,8,17-21H2,1-2H3,(H,33,38)/t28-,31-/m1/s1. The predicted molar refractivity (Wildman–Crippen MR) is 154 cm³/mol. The van der Waals surface area contributed by atoms with Gasteiger partial charge in [0.25, 0.3) is 5.91 Å². The van der Waals surface area contributed by atoms with Crippen LogP contribution >= 0.6 is 0 Å². The predicted octanol–water partition coefficient (Wildman–Crippen LogP) is 5.53. The Morgan fingerprint density at radius 2 is 1.85 bits per heavy atom. The van der Waals surface area contributed by atoms with Crippen LogP contribution in [0.5, 0.6) is 5.75 Å². The van der Waals surface area contributed by atoms with Crippen LogP contribution in [-0.2, 0) is 22.5 Å². The number of rotatable bonds is 13. The molecule has 9 nitrogen and oxygen atoms in total. The van der Waals surface area contributed by atoms with Gasteiger partial charge in [-0.25, -0.2) is 4.99 Å². The molecule has 0 aromatic heterocycles. The fourth-order valence-electron chi connectivity index (χ4n) is 4.66. The zero-order valence-corrected chi connectivity index (χ0v) is 22.9. The number of hydrogen-bond donors (Lipinski definition) is 2. The topological polar surface area (TPSA) is 129 Å². The number of benzene rings is 3. The summed E-state index contributed by atoms with van der Waals surface area (Å²) in [6, 6.07) is 24.6. The van der Waals surface area contributed by atoms with E-state index in [9.17, 15) is 4.79 Å². The Morgan fingerprint density at radius 1 is 1.12 bits per heavy atom. The van der Waals surface area contributed by atoms with Gasteiger partial charge in [0.1, 0.15) is 5.75 Å². The largest absolute Gasteiger partial charge is 0.494 e. The molecule has 0 fully saturated rings. The first-order valence-corrected chi connectivity index (χ1v) is 13.5. The van der Waals surface area contributed by atoms with E-state index in [0.29, 0.717) is 43.2 Å². The van der Waals surface area contributed by atoms with Gasteiger partial charge in [0.05, 0.1) is 13.2 Å². The Hall–Kier alpha value is -4.33. The van der Waals surface area contributed by atoms with Crippen LogP contribution in [0.1, 0.15) is 48.6 Å². The number of ether oxygens (including phenoxy) is 2. The van der Waals surface area contributed by atoms with E-state index in [1.165, 1.54) is 0 Å². The molecule has 1 amide bonds. The molecular weight excluding hydrogens is 506 g/mol. The molecule has 2 N–H and O–H groups in total. The van der Waals surface area contributed by atoms with Crippen LogP contribution in [-0.4, -0.2) is 42.2 Å². The number of carbonyl (C=O) groups excluding carboxylic acids is 1. The van der Waals surface area contributed by atoms with Crippen molar-refractivity contribution in [2.45, 2.75) is 44.9 Å². The van der Waals surface area contributed by atoms with Crippen LogP contribution < -0.4 is 10.1 Å². The first-order valence-electron chi connectivity index (χ1n) is 13.5. The molecule has 0 saturated heterocycles. The highest BCUT2D eigenvalue weighted by molar-refractivity contribution is 6.01. The monoisotopic (exact) mass is 541 g/mol. The summed E-state index contributed by atoms with van der Waals surface area (Å²) in [4.78, 5) is 22.1. The highest BCUT2D eigenvalue weighted by Gasteiger charge is 2.53. The molecule has 0 saturated carbocycles. The zero-order chi connectivity index (χ0) is 28.4. The maximum atomic E-state index is 14.1. The lowest BCUT2D eigenvalue weighted by Gasteiger charge is -2.32. The zero-order valence-electron chi connectivity index (χ0n) is 22.9. The van der Waals surface area contributed by atoms with Crippen LogP contribution in [0.15, 0.2) is 89.0 Å². The van der Waals surface area contributed by atoms with Gasteiger partial charge in [-0.1, -0.05) is 73.6 Å². The van der Waals surface area contributed by atoms with Crippen LogP contribution in [0, 0.1) is 5.92 Å². The fraction of sp³-hybridized carbons (Fsp3) is 0.355. The molecule has 9 heteroatoms. The van der Waals surface area contributed by atoms with Gasteiger partial charge in [-0.3, -0.25) is 4.79 Å². The number of hydrogen-bond acceptors (Lipinski definition) is 6. The van der Waals surface area contributed by atoms with Crippen LogP contribution in [0.4, 0.5) is 0 Å². The van der Waals surface area contributed by atoms with Crippen LogP contribution in [0.25, 0.3) is 10.4 Å². The molecule has 0 unspecified atom stereocenters. The molecule has 4 rings (SSSR count). The van der Waals surface area contributed by atoms with E-state index in [-0.39, 0.29) is 25.0 Å². The first-order chi connectivity index (χ1) is 19.5. The minimum atomic E-state index is -1.31. The van der Waals surface area contributed by atoms with Crippen molar-refractivity contribution in [1.82, 2.24) is 5.32 Å². The van der Waals surface area contributed by atoms with E-state index < -0.39 is 11.6 Å². The Labute approximate surface area is 234 Å². The van der Waals surface area contributed by atoms with Crippen molar-refractivity contribution in [3.05, 3.63) is 112 Å². The van der Waals surface area contributed by atoms with E-state index in [4.69, 9.17) is 25.1 Å². The normalized spacial score (nSPS) is 18.0. The minimum absolute atomic E-state index is 0.0631. The average molecular weight is 542 g/mol. The van der Waals surface area contributed by atoms with Gasteiger partial charge in [-0.05, 0) is 52.4 Å². The number of carbonyl (C=O) groups is 1. The SMILES string of the molecule is CC(C)CNC(=O)[C@]1(Cc2ccccc2)N=C(c2ccc(OCCCO)cc2)O[C@@H]1c1ccccc1CN=[N+]=[N-]. The lowest BCUT2D eigenvalue weighted by molar-refractivity contribution is -0.129. The van der Waals surface area contributed by atoms with Gasteiger partial charge < -0.3 is 19.9 Å². The lowest BCUT2D eigenvalue weighted by atomic mass is 9.80. The summed E-state index contributed by atoms with van der Waals surface area (Å²) in [5, 5.41) is 15.9. The number of amides is 1. The second-order valence-electron chi connectivity index (χ2n) is 10.1. The van der Waals surface area contributed by atoms with Crippen molar-refractivity contribution in [3.8, 4) is 5.75 Å². The Kier molecular flexibility index (Phi) is 9.78. The molecule has 3 aromatic carbocycles. The van der Waals surface area contributed by atoms with Gasteiger partial charge >= 0.3 is 0 Å². The van der Waals surface area contributed by atoms with Crippen molar-refractivity contribution >= 4 is 11.8 Å². The second kappa shape index (κ2) is 13.6. The van der Waals surface area contributed by atoms with Crippen molar-refractivity contribution in [2.24, 2.45) is 16.0 Å². The maximum Gasteiger partial charge on any atom is 0.252 e. The second-order valence-corrected chi connectivity index (χ2v) is 10.1. The Balaban J connectivity index is 1.81. The van der Waals surface area contributed by atoms with Crippen molar-refractivity contribution in [3.63, 3.8) is 0 Å². The summed E-state index contributed by atoms with van der Waals surface area (Å²) >= 11 is 0. The molecule has 0 aliphatic carbocycles. The Bertz CT molecular complexity index is 1350. The number of nitrogens with zero attached hydrogens (tertiary/aromatic N) is 4. The minimum Gasteiger partial charge on any atom is -0.494 e. The number of aliphatic imine (C=N–C) groups is 1. The van der Waals surface area contributed by atoms with Gasteiger partial charge in [0, 0.05) is 36.5 Å². The Morgan fingerprint density at radius 3 is 2.55 bits per heavy atom. The van der Waals surface area contributed by atoms with Crippen molar-refractivity contribution in [1.29, 1.82) is 0 Å². The van der Waals surface area contributed by atoms with Gasteiger partial charge in [-0.15, -0.1) is 0 Å². The third-order valence-corrected chi connectivity index (χ3v) is 6.66. The molecule has 2 atom stereocenters. The van der Waals surface area contributed by atoms with E-state index in [1.807, 2.05) is 92.7 Å². The molecule has 40 heavy (non-hydrogen) atoms. The van der Waals surface area contributed by atoms with Crippen LogP contribution in [0.2, 0.25) is 0 Å². The molecule has 1 aliphatic rings. The molecule has 0 spiro atoms. The molecule has 1 heterocycles. The van der Waals surface area contributed by atoms with Crippen molar-refractivity contribution < 1.29 is 19.4 Å². The summed E-state index contributed by atoms with van der Waals surface area (Å²) in [5.41, 5.74) is 10.8. The summed E-state index contributed by atoms with van der Waals surface area (Å²) in [6.45, 7) is 5.17. The molecule has 3 aromatic rings. The third kappa shape index (κ3) is 6.81. The highest BCUT2D eigenvalue weighted by atomic mass is 16.5. The average Bonchev–Trinajstić information content (AvgIpc) is 3.36. The summed E-state index contributed by atoms with van der Waals surface area (Å²) in [6.07, 6.45) is 0.0898. The van der Waals surface area contributed by atoms with Gasteiger partial charge in [0.2, 0.25) is 5.90 Å². The lowest BCUT2D eigenvalue weighted by Crippen LogP contribution is -2.50. The molecule has 208 valence electrons. The summed E-state index contributed by atoms with van der Waals surface area (Å²) in [5.74, 6) is 1.03. The molecule has 0 bridgehead atoms. The number of aliphatic hydroxyl groups excluding tert-OH is 1. The number of aliphatic hydroxyl groups is 1. The summed E-state index contributed by atoms with van der Waals surface area (Å²) in [7, 11) is 0. The first kappa shape index (κ1) is 28.7. The maximum absolute atomic E-state index is 14.1. The number of nitrogens with one attached hydrogen (secondary N) is 1. The smallest absolute Gasteiger partial charge is 0.252 e. The van der Waals surface area contributed by atoms with Gasteiger partial charge in [-0.2, -0.15) is 0 Å². The van der Waals surface area contributed by atoms with E-state index in [2.05, 4.69) is 15.3 Å². The fourth-order valence-corrected chi connectivity index (χ4v) is 4.66. The third-order valence-electron chi connectivity index (χ3n) is 6.66. The summed E-state index contributed by atoms with van der Waals surface area (Å²) < 4.78 is 12.3. The highest BCUT2D eigenvalue weighted by Crippen LogP contribution is 2.43. The van der Waals surface area contributed by atoms with E-state index >= 15 is 0 Å². The van der Waals surface area contributed by atoms with Gasteiger partial charge in [0.15, 0.2) is 11.6 Å². The molecule has 1 aliphatic heterocycles. The molecular formula is C31H35N5O4. The quantitative estimate of drug-likeness (QED) is 0.128. The number of azide groups is 1. The van der Waals surface area contributed by atoms with Crippen LogP contribution in [0.3, 0.4) is 0 Å².